The lowest BCUT2D eigenvalue weighted by Crippen LogP contribution is -2.41. The Labute approximate surface area is 251 Å². The number of rotatable bonds is 21. The van der Waals surface area contributed by atoms with E-state index >= 15 is 0 Å². The van der Waals surface area contributed by atoms with E-state index in [1.165, 1.54) is 6.07 Å². The van der Waals surface area contributed by atoms with Crippen molar-refractivity contribution in [2.24, 2.45) is 0 Å². The number of aliphatic hydroxyl groups excluding tert-OH is 2. The summed E-state index contributed by atoms with van der Waals surface area (Å²) in [5, 5.41) is 32.4. The average Bonchev–Trinajstić information content (AvgIpc) is 3.00. The molecule has 1 saturated heterocycles. The van der Waals surface area contributed by atoms with E-state index in [-0.39, 0.29) is 12.4 Å². The van der Waals surface area contributed by atoms with Gasteiger partial charge in [-0.05, 0) is 74.0 Å². The fourth-order valence-corrected chi connectivity index (χ4v) is 5.94. The van der Waals surface area contributed by atoms with Gasteiger partial charge in [0.15, 0.2) is 0 Å². The van der Waals surface area contributed by atoms with Crippen molar-refractivity contribution < 1.29 is 33.2 Å². The van der Waals surface area contributed by atoms with Crippen LogP contribution in [0.3, 0.4) is 0 Å². The topological polar surface area (TPSA) is 141 Å². The molecule has 0 bridgehead atoms. The number of morpholine rings is 1. The maximum atomic E-state index is 12.7. The number of hydrogen-bond acceptors (Lipinski definition) is 9. The van der Waals surface area contributed by atoms with Crippen LogP contribution in [0.25, 0.3) is 0 Å². The van der Waals surface area contributed by atoms with Gasteiger partial charge in [0, 0.05) is 51.5 Å². The molecule has 3 rings (SSSR count). The molecule has 1 heterocycles. The van der Waals surface area contributed by atoms with E-state index in [1.54, 1.807) is 24.3 Å². The summed E-state index contributed by atoms with van der Waals surface area (Å²) in [7, 11) is -3.52. The average molecular weight is 608 g/mol. The first-order valence-corrected chi connectivity index (χ1v) is 16.7. The molecule has 0 spiro atoms. The Hall–Kier alpha value is -2.09. The van der Waals surface area contributed by atoms with Gasteiger partial charge in [-0.15, -0.1) is 0 Å². The summed E-state index contributed by atoms with van der Waals surface area (Å²) >= 11 is 0. The van der Waals surface area contributed by atoms with Crippen LogP contribution in [0, 0.1) is 0 Å². The van der Waals surface area contributed by atoms with Crippen molar-refractivity contribution in [1.82, 2.24) is 14.9 Å². The SMILES string of the molecule is O=S(=O)(NCCN1CCOCC1)c1cccc(CCCCOCCCCCCNC[C@H](O)c2ccc(O)c(CO)c2)c1. The quantitative estimate of drug-likeness (QED) is 0.136. The molecular weight excluding hydrogens is 558 g/mol. The molecule has 2 aromatic rings. The van der Waals surface area contributed by atoms with Gasteiger partial charge >= 0.3 is 0 Å². The molecule has 0 radical (unpaired) electrons. The van der Waals surface area contributed by atoms with Crippen LogP contribution in [0.4, 0.5) is 0 Å². The second-order valence-corrected chi connectivity index (χ2v) is 12.5. The molecule has 1 aliphatic heterocycles. The number of hydrogen-bond donors (Lipinski definition) is 5. The first-order chi connectivity index (χ1) is 20.4. The van der Waals surface area contributed by atoms with Crippen LogP contribution >= 0.6 is 0 Å². The largest absolute Gasteiger partial charge is 0.508 e. The van der Waals surface area contributed by atoms with E-state index in [4.69, 9.17) is 9.47 Å². The third-order valence-corrected chi connectivity index (χ3v) is 8.88. The Balaban J connectivity index is 1.17. The van der Waals surface area contributed by atoms with Gasteiger partial charge in [0.1, 0.15) is 5.75 Å². The molecule has 1 atom stereocenters. The predicted molar refractivity (Wildman–Crippen MR) is 163 cm³/mol. The van der Waals surface area contributed by atoms with Crippen molar-refractivity contribution in [2.45, 2.75) is 62.6 Å². The van der Waals surface area contributed by atoms with Crippen LogP contribution < -0.4 is 10.0 Å². The molecule has 0 aromatic heterocycles. The summed E-state index contributed by atoms with van der Waals surface area (Å²) in [4.78, 5) is 2.52. The minimum absolute atomic E-state index is 0.0326. The monoisotopic (exact) mass is 607 g/mol. The number of phenols is 1. The minimum Gasteiger partial charge on any atom is -0.508 e. The van der Waals surface area contributed by atoms with Gasteiger partial charge in [0.2, 0.25) is 10.0 Å². The highest BCUT2D eigenvalue weighted by molar-refractivity contribution is 7.89. The highest BCUT2D eigenvalue weighted by Gasteiger charge is 2.16. The number of aliphatic hydroxyl groups is 2. The van der Waals surface area contributed by atoms with Gasteiger partial charge in [-0.25, -0.2) is 13.1 Å². The maximum absolute atomic E-state index is 12.7. The van der Waals surface area contributed by atoms with Crippen LogP contribution in [0.2, 0.25) is 0 Å². The van der Waals surface area contributed by atoms with Crippen LogP contribution in [0.5, 0.6) is 5.75 Å². The zero-order valence-electron chi connectivity index (χ0n) is 24.7. The normalized spacial score (nSPS) is 15.2. The Bertz CT molecular complexity index is 1140. The number of unbranched alkanes of at least 4 members (excludes halogenated alkanes) is 4. The lowest BCUT2D eigenvalue weighted by Gasteiger charge is -2.26. The fraction of sp³-hybridized carbons (Fsp3) is 0.613. The molecular formula is C31H49N3O7S. The Kier molecular flexibility index (Phi) is 15.8. The highest BCUT2D eigenvalue weighted by atomic mass is 32.2. The number of nitrogens with zero attached hydrogens (tertiary/aromatic N) is 1. The molecule has 0 aliphatic carbocycles. The molecule has 10 nitrogen and oxygen atoms in total. The van der Waals surface area contributed by atoms with Crippen molar-refractivity contribution in [3.63, 3.8) is 0 Å². The molecule has 0 unspecified atom stereocenters. The van der Waals surface area contributed by atoms with Gasteiger partial charge in [-0.3, -0.25) is 4.90 Å². The second kappa shape index (κ2) is 19.2. The van der Waals surface area contributed by atoms with E-state index in [2.05, 4.69) is 14.9 Å². The van der Waals surface area contributed by atoms with E-state index in [0.29, 0.717) is 55.5 Å². The molecule has 11 heteroatoms. The van der Waals surface area contributed by atoms with Crippen LogP contribution in [-0.4, -0.2) is 94.3 Å². The smallest absolute Gasteiger partial charge is 0.240 e. The van der Waals surface area contributed by atoms with Gasteiger partial charge in [-0.2, -0.15) is 0 Å². The van der Waals surface area contributed by atoms with Crippen molar-refractivity contribution in [3.8, 4) is 5.75 Å². The molecule has 1 fully saturated rings. The van der Waals surface area contributed by atoms with Crippen molar-refractivity contribution >= 4 is 10.0 Å². The Morgan fingerprint density at radius 1 is 0.952 bits per heavy atom. The standard InChI is InChI=1S/C31H49N3O7S/c35-25-28-23-27(11-12-30(28)36)31(37)24-32-13-4-1-2-5-18-40-19-6-3-8-26-9-7-10-29(22-26)42(38,39)33-14-15-34-16-20-41-21-17-34/h7,9-12,22-23,31-33,35-37H,1-6,8,13-21,24-25H2/t31-/m0/s1. The van der Waals surface area contributed by atoms with Crippen molar-refractivity contribution in [2.75, 3.05) is 65.7 Å². The van der Waals surface area contributed by atoms with Crippen LogP contribution in [0.15, 0.2) is 47.4 Å². The number of aryl methyl sites for hydroxylation is 1. The number of aromatic hydroxyl groups is 1. The summed E-state index contributed by atoms with van der Waals surface area (Å²) in [5.74, 6) is 0.0326. The summed E-state index contributed by atoms with van der Waals surface area (Å²) in [5.41, 5.74) is 2.10. The fourth-order valence-electron chi connectivity index (χ4n) is 4.85. The molecule has 236 valence electrons. The summed E-state index contributed by atoms with van der Waals surface area (Å²) in [6, 6.07) is 12.0. The predicted octanol–water partition coefficient (Wildman–Crippen LogP) is 2.72. The van der Waals surface area contributed by atoms with Gasteiger partial charge in [-0.1, -0.05) is 31.0 Å². The molecule has 0 saturated carbocycles. The summed E-state index contributed by atoms with van der Waals surface area (Å²) in [6.45, 7) is 6.56. The molecule has 2 aromatic carbocycles. The Morgan fingerprint density at radius 3 is 2.50 bits per heavy atom. The number of ether oxygens (including phenoxy) is 2. The third-order valence-electron chi connectivity index (χ3n) is 7.43. The van der Waals surface area contributed by atoms with E-state index in [0.717, 1.165) is 76.8 Å². The minimum atomic E-state index is -3.52. The van der Waals surface area contributed by atoms with E-state index in [9.17, 15) is 23.7 Å². The van der Waals surface area contributed by atoms with Crippen LogP contribution in [0.1, 0.15) is 61.3 Å². The lowest BCUT2D eigenvalue weighted by atomic mass is 10.1. The Morgan fingerprint density at radius 2 is 1.71 bits per heavy atom. The lowest BCUT2D eigenvalue weighted by molar-refractivity contribution is 0.0390. The number of nitrogens with one attached hydrogen (secondary N) is 2. The number of sulfonamides is 1. The molecule has 5 N–H and O–H groups in total. The second-order valence-electron chi connectivity index (χ2n) is 10.7. The third kappa shape index (κ3) is 12.6. The van der Waals surface area contributed by atoms with Gasteiger partial charge in [0.25, 0.3) is 0 Å². The highest BCUT2D eigenvalue weighted by Crippen LogP contribution is 2.22. The molecule has 0 amide bonds. The summed E-state index contributed by atoms with van der Waals surface area (Å²) in [6.07, 6.45) is 6.21. The molecule has 42 heavy (non-hydrogen) atoms. The van der Waals surface area contributed by atoms with E-state index in [1.807, 2.05) is 12.1 Å². The zero-order valence-corrected chi connectivity index (χ0v) is 25.5. The first-order valence-electron chi connectivity index (χ1n) is 15.2. The van der Waals surface area contributed by atoms with Gasteiger partial charge < -0.3 is 30.1 Å². The van der Waals surface area contributed by atoms with Crippen LogP contribution in [-0.2, 0) is 32.5 Å². The van der Waals surface area contributed by atoms with E-state index < -0.39 is 16.1 Å². The van der Waals surface area contributed by atoms with Crippen molar-refractivity contribution in [1.29, 1.82) is 0 Å². The maximum Gasteiger partial charge on any atom is 0.240 e. The first kappa shape index (κ1) is 34.4. The zero-order chi connectivity index (χ0) is 30.0. The summed E-state index contributed by atoms with van der Waals surface area (Å²) < 4.78 is 39.2. The van der Waals surface area contributed by atoms with Gasteiger partial charge in [0.05, 0.1) is 30.8 Å². The van der Waals surface area contributed by atoms with Crippen molar-refractivity contribution in [3.05, 3.63) is 59.2 Å². The number of benzene rings is 2. The molecule has 1 aliphatic rings.